The van der Waals surface area contributed by atoms with E-state index in [1.165, 1.54) is 5.56 Å². The van der Waals surface area contributed by atoms with E-state index in [2.05, 4.69) is 12.1 Å². The number of likely N-dealkylation sites (tertiary alicyclic amines) is 1. The fourth-order valence-electron chi connectivity index (χ4n) is 3.54. The highest BCUT2D eigenvalue weighted by Crippen LogP contribution is 2.32. The van der Waals surface area contributed by atoms with Gasteiger partial charge < -0.3 is 15.4 Å². The van der Waals surface area contributed by atoms with Crippen molar-refractivity contribution in [3.63, 3.8) is 0 Å². The van der Waals surface area contributed by atoms with Crippen LogP contribution in [0.2, 0.25) is 0 Å². The summed E-state index contributed by atoms with van der Waals surface area (Å²) >= 11 is 0. The monoisotopic (exact) mass is 388 g/mol. The fraction of sp³-hybridized carbons (Fsp3) is 0.409. The maximum Gasteiger partial charge on any atom is 0.253 e. The molecule has 0 radical (unpaired) electrons. The first-order valence-electron chi connectivity index (χ1n) is 9.33. The van der Waals surface area contributed by atoms with Gasteiger partial charge in [-0.05, 0) is 49.6 Å². The first-order valence-corrected chi connectivity index (χ1v) is 9.33. The average Bonchev–Trinajstić information content (AvgIpc) is 3.11. The van der Waals surface area contributed by atoms with Crippen LogP contribution in [0.5, 0.6) is 0 Å². The molecule has 0 aromatic heterocycles. The molecule has 5 heteroatoms. The summed E-state index contributed by atoms with van der Waals surface area (Å²) in [6, 6.07) is 18.1. The van der Waals surface area contributed by atoms with Crippen LogP contribution in [0.25, 0.3) is 0 Å². The fourth-order valence-corrected chi connectivity index (χ4v) is 3.54. The molecule has 146 valence electrons. The van der Waals surface area contributed by atoms with E-state index < -0.39 is 0 Å². The second kappa shape index (κ2) is 9.88. The van der Waals surface area contributed by atoms with Crippen LogP contribution in [0.4, 0.5) is 0 Å². The van der Waals surface area contributed by atoms with Gasteiger partial charge in [0, 0.05) is 24.6 Å². The van der Waals surface area contributed by atoms with Crippen molar-refractivity contribution < 1.29 is 9.53 Å². The lowest BCUT2D eigenvalue weighted by atomic mass is 9.89. The number of nitrogens with two attached hydrogens (primary N) is 1. The lowest BCUT2D eigenvalue weighted by Crippen LogP contribution is -2.29. The van der Waals surface area contributed by atoms with Gasteiger partial charge in [-0.3, -0.25) is 4.79 Å². The lowest BCUT2D eigenvalue weighted by Gasteiger charge is -2.17. The Morgan fingerprint density at radius 2 is 1.78 bits per heavy atom. The number of halogens is 1. The van der Waals surface area contributed by atoms with Crippen molar-refractivity contribution in [3.8, 4) is 0 Å². The number of amides is 1. The number of nitrogens with zero attached hydrogens (tertiary/aromatic N) is 1. The van der Waals surface area contributed by atoms with E-state index in [0.717, 1.165) is 17.7 Å². The van der Waals surface area contributed by atoms with Gasteiger partial charge in [0.15, 0.2) is 0 Å². The van der Waals surface area contributed by atoms with E-state index in [0.29, 0.717) is 31.5 Å². The van der Waals surface area contributed by atoms with Gasteiger partial charge in [0.1, 0.15) is 0 Å². The topological polar surface area (TPSA) is 55.6 Å². The van der Waals surface area contributed by atoms with Crippen LogP contribution in [-0.2, 0) is 11.3 Å². The van der Waals surface area contributed by atoms with Crippen molar-refractivity contribution in [1.82, 2.24) is 4.90 Å². The average molecular weight is 389 g/mol. The number of ether oxygens (including phenoxy) is 1. The van der Waals surface area contributed by atoms with Crippen LogP contribution in [0.15, 0.2) is 54.6 Å². The van der Waals surface area contributed by atoms with E-state index >= 15 is 0 Å². The van der Waals surface area contributed by atoms with E-state index in [1.807, 2.05) is 61.2 Å². The maximum atomic E-state index is 12.9. The van der Waals surface area contributed by atoms with Gasteiger partial charge >= 0.3 is 0 Å². The normalized spacial score (nSPS) is 19.2. The highest BCUT2D eigenvalue weighted by Gasteiger charge is 2.35. The van der Waals surface area contributed by atoms with Gasteiger partial charge in [-0.15, -0.1) is 12.4 Å². The second-order valence-electron chi connectivity index (χ2n) is 7.28. The standard InChI is InChI=1S/C22H28N2O2.ClH/c1-16(2)26-15-17-8-10-19(11-9-17)22(25)24-13-20(12-23)21(14-24)18-6-4-3-5-7-18;/h3-11,16,20-21H,12-15,23H2,1-2H3;1H/t20-,21+;/m1./s1. The van der Waals surface area contributed by atoms with Gasteiger partial charge in [-0.2, -0.15) is 0 Å². The Labute approximate surface area is 168 Å². The molecule has 1 fully saturated rings. The van der Waals surface area contributed by atoms with Crippen LogP contribution in [-0.4, -0.2) is 36.5 Å². The van der Waals surface area contributed by atoms with Crippen LogP contribution >= 0.6 is 12.4 Å². The minimum Gasteiger partial charge on any atom is -0.374 e. The van der Waals surface area contributed by atoms with Gasteiger partial charge in [-0.1, -0.05) is 42.5 Å². The smallest absolute Gasteiger partial charge is 0.253 e. The molecule has 27 heavy (non-hydrogen) atoms. The summed E-state index contributed by atoms with van der Waals surface area (Å²) in [6.07, 6.45) is 0.198. The van der Waals surface area contributed by atoms with Gasteiger partial charge in [0.05, 0.1) is 12.7 Å². The third-order valence-electron chi connectivity index (χ3n) is 5.04. The molecular formula is C22H29ClN2O2. The van der Waals surface area contributed by atoms with Crippen LogP contribution in [0.3, 0.4) is 0 Å². The summed E-state index contributed by atoms with van der Waals surface area (Å²) in [5.41, 5.74) is 9.06. The zero-order valence-electron chi connectivity index (χ0n) is 16.0. The Balaban J connectivity index is 0.00000261. The zero-order valence-corrected chi connectivity index (χ0v) is 16.8. The van der Waals surface area contributed by atoms with Crippen LogP contribution in [0, 0.1) is 5.92 Å². The first kappa shape index (κ1) is 21.4. The molecule has 0 aliphatic carbocycles. The number of hydrogen-bond donors (Lipinski definition) is 1. The molecule has 0 bridgehead atoms. The minimum atomic E-state index is 0. The summed E-state index contributed by atoms with van der Waals surface area (Å²) in [5, 5.41) is 0. The molecule has 1 saturated heterocycles. The van der Waals surface area contributed by atoms with Gasteiger partial charge in [0.2, 0.25) is 0 Å². The molecule has 1 aliphatic rings. The molecule has 0 unspecified atom stereocenters. The molecule has 3 rings (SSSR count). The zero-order chi connectivity index (χ0) is 18.5. The molecule has 2 aromatic carbocycles. The Morgan fingerprint density at radius 1 is 1.11 bits per heavy atom. The predicted octanol–water partition coefficient (Wildman–Crippen LogP) is 3.85. The number of hydrogen-bond acceptors (Lipinski definition) is 3. The summed E-state index contributed by atoms with van der Waals surface area (Å²) in [6.45, 7) is 6.64. The van der Waals surface area contributed by atoms with Crippen molar-refractivity contribution in [2.24, 2.45) is 11.7 Å². The molecule has 1 heterocycles. The van der Waals surface area contributed by atoms with Crippen molar-refractivity contribution in [2.45, 2.75) is 32.5 Å². The second-order valence-corrected chi connectivity index (χ2v) is 7.28. The number of benzene rings is 2. The Hall–Kier alpha value is -1.88. The van der Waals surface area contributed by atoms with Gasteiger partial charge in [-0.25, -0.2) is 0 Å². The lowest BCUT2D eigenvalue weighted by molar-refractivity contribution is 0.0656. The molecule has 2 N–H and O–H groups in total. The molecule has 4 nitrogen and oxygen atoms in total. The number of carbonyl (C=O) groups excluding carboxylic acids is 1. The van der Waals surface area contributed by atoms with Crippen molar-refractivity contribution in [1.29, 1.82) is 0 Å². The first-order chi connectivity index (χ1) is 12.6. The summed E-state index contributed by atoms with van der Waals surface area (Å²) in [4.78, 5) is 14.9. The highest BCUT2D eigenvalue weighted by molar-refractivity contribution is 5.94. The molecule has 2 aromatic rings. The van der Waals surface area contributed by atoms with Gasteiger partial charge in [0.25, 0.3) is 5.91 Å². The highest BCUT2D eigenvalue weighted by atomic mass is 35.5. The van der Waals surface area contributed by atoms with E-state index in [4.69, 9.17) is 10.5 Å². The molecule has 1 aliphatic heterocycles. The summed E-state index contributed by atoms with van der Waals surface area (Å²) < 4.78 is 5.61. The van der Waals surface area contributed by atoms with Crippen molar-refractivity contribution in [2.75, 3.05) is 19.6 Å². The van der Waals surface area contributed by atoms with Crippen molar-refractivity contribution in [3.05, 3.63) is 71.3 Å². The molecule has 0 saturated carbocycles. The van der Waals surface area contributed by atoms with E-state index in [9.17, 15) is 4.79 Å². The third-order valence-corrected chi connectivity index (χ3v) is 5.04. The largest absolute Gasteiger partial charge is 0.374 e. The minimum absolute atomic E-state index is 0. The predicted molar refractivity (Wildman–Crippen MR) is 111 cm³/mol. The Kier molecular flexibility index (Phi) is 7.84. The molecular weight excluding hydrogens is 360 g/mol. The Morgan fingerprint density at radius 3 is 2.37 bits per heavy atom. The summed E-state index contributed by atoms with van der Waals surface area (Å²) in [5.74, 6) is 0.696. The van der Waals surface area contributed by atoms with E-state index in [-0.39, 0.29) is 24.4 Å². The number of carbonyl (C=O) groups is 1. The maximum absolute atomic E-state index is 12.9. The van der Waals surface area contributed by atoms with E-state index in [1.54, 1.807) is 0 Å². The van der Waals surface area contributed by atoms with Crippen molar-refractivity contribution >= 4 is 18.3 Å². The molecule has 2 atom stereocenters. The SMILES string of the molecule is CC(C)OCc1ccc(C(=O)N2C[C@@H](CN)[C@H](c3ccccc3)C2)cc1.Cl. The van der Waals surface area contributed by atoms with Crippen LogP contribution < -0.4 is 5.73 Å². The molecule has 1 amide bonds. The quantitative estimate of drug-likeness (QED) is 0.817. The van der Waals surface area contributed by atoms with Crippen LogP contribution in [0.1, 0.15) is 41.3 Å². The molecule has 0 spiro atoms. The summed E-state index contributed by atoms with van der Waals surface area (Å²) in [7, 11) is 0. The Bertz CT molecular complexity index is 719. The third kappa shape index (κ3) is 5.32. The number of rotatable bonds is 6.